The molecule has 1 aromatic carbocycles. The molecule has 0 aliphatic carbocycles. The van der Waals surface area contributed by atoms with Gasteiger partial charge in [-0.1, -0.05) is 35.9 Å². The molecule has 19 heavy (non-hydrogen) atoms. The van der Waals surface area contributed by atoms with E-state index < -0.39 is 0 Å². The molecule has 0 spiro atoms. The summed E-state index contributed by atoms with van der Waals surface area (Å²) in [7, 11) is 0. The molecule has 3 rings (SSSR count). The summed E-state index contributed by atoms with van der Waals surface area (Å²) in [4.78, 5) is 6.62. The van der Waals surface area contributed by atoms with E-state index >= 15 is 0 Å². The van der Waals surface area contributed by atoms with Crippen molar-refractivity contribution in [3.05, 3.63) is 59.2 Å². The SMILES string of the molecule is Clc1ccccc1[C@H]1CN(c2ccccn2)CCO1. The van der Waals surface area contributed by atoms with Crippen LogP contribution in [0.25, 0.3) is 0 Å². The molecule has 1 aromatic heterocycles. The first-order valence-electron chi connectivity index (χ1n) is 6.36. The predicted octanol–water partition coefficient (Wildman–Crippen LogP) is 3.31. The van der Waals surface area contributed by atoms with Gasteiger partial charge in [-0.3, -0.25) is 0 Å². The lowest BCUT2D eigenvalue weighted by Gasteiger charge is -2.34. The van der Waals surface area contributed by atoms with Crippen LogP contribution in [0.1, 0.15) is 11.7 Å². The van der Waals surface area contributed by atoms with Crippen LogP contribution in [0.3, 0.4) is 0 Å². The number of morpholine rings is 1. The van der Waals surface area contributed by atoms with Gasteiger partial charge >= 0.3 is 0 Å². The Morgan fingerprint density at radius 1 is 1.16 bits per heavy atom. The third-order valence-corrected chi connectivity index (χ3v) is 3.64. The Bertz CT molecular complexity index is 547. The molecule has 0 radical (unpaired) electrons. The molecular formula is C15H15ClN2O. The summed E-state index contributed by atoms with van der Waals surface area (Å²) in [5.74, 6) is 0.989. The first kappa shape index (κ1) is 12.5. The van der Waals surface area contributed by atoms with Crippen molar-refractivity contribution >= 4 is 17.4 Å². The van der Waals surface area contributed by atoms with E-state index in [-0.39, 0.29) is 6.10 Å². The lowest BCUT2D eigenvalue weighted by molar-refractivity contribution is 0.0396. The van der Waals surface area contributed by atoms with Crippen LogP contribution in [0.5, 0.6) is 0 Å². The van der Waals surface area contributed by atoms with Crippen molar-refractivity contribution in [1.82, 2.24) is 4.98 Å². The highest BCUT2D eigenvalue weighted by Crippen LogP contribution is 2.29. The second-order valence-corrected chi connectivity index (χ2v) is 4.92. The highest BCUT2D eigenvalue weighted by atomic mass is 35.5. The highest BCUT2D eigenvalue weighted by Gasteiger charge is 2.24. The Balaban J connectivity index is 1.81. The molecule has 1 saturated heterocycles. The third kappa shape index (κ3) is 2.72. The normalized spacial score (nSPS) is 19.4. The number of aromatic nitrogens is 1. The van der Waals surface area contributed by atoms with Crippen molar-refractivity contribution in [1.29, 1.82) is 0 Å². The van der Waals surface area contributed by atoms with Gasteiger partial charge in [0.25, 0.3) is 0 Å². The predicted molar refractivity (Wildman–Crippen MR) is 76.6 cm³/mol. The summed E-state index contributed by atoms with van der Waals surface area (Å²) in [6.07, 6.45) is 1.82. The average molecular weight is 275 g/mol. The summed E-state index contributed by atoms with van der Waals surface area (Å²) in [5.41, 5.74) is 1.05. The summed E-state index contributed by atoms with van der Waals surface area (Å²) in [6, 6.07) is 13.8. The van der Waals surface area contributed by atoms with Gasteiger partial charge in [-0.2, -0.15) is 0 Å². The quantitative estimate of drug-likeness (QED) is 0.840. The standard InChI is InChI=1S/C15H15ClN2O/c16-13-6-2-1-5-12(13)14-11-18(9-10-19-14)15-7-3-4-8-17-15/h1-8,14H,9-11H2/t14-/m1/s1. The Morgan fingerprint density at radius 2 is 2.00 bits per heavy atom. The van der Waals surface area contributed by atoms with E-state index in [4.69, 9.17) is 16.3 Å². The van der Waals surface area contributed by atoms with Gasteiger partial charge in [0, 0.05) is 29.9 Å². The third-order valence-electron chi connectivity index (χ3n) is 3.29. The molecule has 1 aliphatic rings. The van der Waals surface area contributed by atoms with Crippen LogP contribution in [0.2, 0.25) is 5.02 Å². The molecule has 2 aromatic rings. The van der Waals surface area contributed by atoms with Gasteiger partial charge in [-0.15, -0.1) is 0 Å². The van der Waals surface area contributed by atoms with Crippen LogP contribution in [-0.4, -0.2) is 24.7 Å². The van der Waals surface area contributed by atoms with Crippen LogP contribution >= 0.6 is 11.6 Å². The van der Waals surface area contributed by atoms with E-state index in [1.807, 2.05) is 48.7 Å². The molecule has 1 aliphatic heterocycles. The first-order valence-corrected chi connectivity index (χ1v) is 6.74. The second kappa shape index (κ2) is 5.59. The summed E-state index contributed by atoms with van der Waals surface area (Å²) in [5, 5.41) is 0.760. The minimum absolute atomic E-state index is 0.00413. The van der Waals surface area contributed by atoms with Crippen LogP contribution in [-0.2, 0) is 4.74 Å². The fraction of sp³-hybridized carbons (Fsp3) is 0.267. The number of benzene rings is 1. The Morgan fingerprint density at radius 3 is 2.79 bits per heavy atom. The van der Waals surface area contributed by atoms with E-state index in [0.717, 1.165) is 29.5 Å². The smallest absolute Gasteiger partial charge is 0.128 e. The summed E-state index contributed by atoms with van der Waals surface area (Å²) in [6.45, 7) is 2.32. The maximum atomic E-state index is 6.24. The van der Waals surface area contributed by atoms with Gasteiger partial charge < -0.3 is 9.64 Å². The largest absolute Gasteiger partial charge is 0.370 e. The van der Waals surface area contributed by atoms with Crippen LogP contribution in [0.4, 0.5) is 5.82 Å². The van der Waals surface area contributed by atoms with Gasteiger partial charge in [-0.05, 0) is 18.2 Å². The van der Waals surface area contributed by atoms with Crippen molar-refractivity contribution in [2.75, 3.05) is 24.6 Å². The Hall–Kier alpha value is -1.58. The number of hydrogen-bond acceptors (Lipinski definition) is 3. The zero-order valence-electron chi connectivity index (χ0n) is 10.5. The van der Waals surface area contributed by atoms with Gasteiger partial charge in [0.05, 0.1) is 6.61 Å². The molecule has 1 fully saturated rings. The van der Waals surface area contributed by atoms with Crippen molar-refractivity contribution in [3.8, 4) is 0 Å². The van der Waals surface area contributed by atoms with E-state index in [9.17, 15) is 0 Å². The number of nitrogens with zero attached hydrogens (tertiary/aromatic N) is 2. The number of hydrogen-bond donors (Lipinski definition) is 0. The number of anilines is 1. The number of rotatable bonds is 2. The number of ether oxygens (including phenoxy) is 1. The highest BCUT2D eigenvalue weighted by molar-refractivity contribution is 6.31. The van der Waals surface area contributed by atoms with Gasteiger partial charge in [0.2, 0.25) is 0 Å². The number of halogens is 1. The minimum Gasteiger partial charge on any atom is -0.370 e. The van der Waals surface area contributed by atoms with E-state index in [0.29, 0.717) is 6.61 Å². The summed E-state index contributed by atoms with van der Waals surface area (Å²) >= 11 is 6.24. The van der Waals surface area contributed by atoms with Gasteiger partial charge in [0.1, 0.15) is 11.9 Å². The van der Waals surface area contributed by atoms with Crippen molar-refractivity contribution in [2.45, 2.75) is 6.10 Å². The zero-order chi connectivity index (χ0) is 13.1. The maximum absolute atomic E-state index is 6.24. The molecule has 1 atom stereocenters. The fourth-order valence-electron chi connectivity index (χ4n) is 2.32. The van der Waals surface area contributed by atoms with Gasteiger partial charge in [-0.25, -0.2) is 4.98 Å². The molecule has 0 N–H and O–H groups in total. The fourth-order valence-corrected chi connectivity index (χ4v) is 2.58. The zero-order valence-corrected chi connectivity index (χ0v) is 11.3. The summed E-state index contributed by atoms with van der Waals surface area (Å²) < 4.78 is 5.84. The van der Waals surface area contributed by atoms with Crippen LogP contribution in [0, 0.1) is 0 Å². The average Bonchev–Trinajstić information content (AvgIpc) is 2.49. The molecule has 4 heteroatoms. The molecule has 0 amide bonds. The van der Waals surface area contributed by atoms with Crippen molar-refractivity contribution < 1.29 is 4.74 Å². The second-order valence-electron chi connectivity index (χ2n) is 4.51. The molecule has 98 valence electrons. The first-order chi connectivity index (χ1) is 9.34. The van der Waals surface area contributed by atoms with Crippen molar-refractivity contribution in [2.24, 2.45) is 0 Å². The lowest BCUT2D eigenvalue weighted by atomic mass is 10.1. The molecule has 3 nitrogen and oxygen atoms in total. The molecule has 0 unspecified atom stereocenters. The lowest BCUT2D eigenvalue weighted by Crippen LogP contribution is -2.38. The molecule has 2 heterocycles. The molecule has 0 saturated carbocycles. The van der Waals surface area contributed by atoms with Crippen LogP contribution in [0.15, 0.2) is 48.7 Å². The maximum Gasteiger partial charge on any atom is 0.128 e. The van der Waals surface area contributed by atoms with E-state index in [1.165, 1.54) is 0 Å². The Kier molecular flexibility index (Phi) is 3.67. The van der Waals surface area contributed by atoms with E-state index in [1.54, 1.807) is 0 Å². The monoisotopic (exact) mass is 274 g/mol. The molecular weight excluding hydrogens is 260 g/mol. The van der Waals surface area contributed by atoms with Crippen molar-refractivity contribution in [3.63, 3.8) is 0 Å². The molecule has 0 bridgehead atoms. The number of pyridine rings is 1. The Labute approximate surface area is 117 Å². The van der Waals surface area contributed by atoms with E-state index in [2.05, 4.69) is 9.88 Å². The minimum atomic E-state index is 0.00413. The topological polar surface area (TPSA) is 25.4 Å². The van der Waals surface area contributed by atoms with Gasteiger partial charge in [0.15, 0.2) is 0 Å². The van der Waals surface area contributed by atoms with Crippen LogP contribution < -0.4 is 4.90 Å².